The predicted molar refractivity (Wildman–Crippen MR) is 130 cm³/mol. The second kappa shape index (κ2) is 10.1. The molecule has 0 atom stereocenters. The summed E-state index contributed by atoms with van der Waals surface area (Å²) in [6.45, 7) is 3.17. The van der Waals surface area contributed by atoms with Gasteiger partial charge in [0, 0.05) is 26.3 Å². The number of aryl methyl sites for hydroxylation is 1. The van der Waals surface area contributed by atoms with Crippen LogP contribution in [0.5, 0.6) is 0 Å². The Morgan fingerprint density at radius 1 is 1.18 bits per heavy atom. The van der Waals surface area contributed by atoms with Crippen molar-refractivity contribution in [3.63, 3.8) is 0 Å². The van der Waals surface area contributed by atoms with Gasteiger partial charge in [-0.2, -0.15) is 9.30 Å². The maximum absolute atomic E-state index is 12.9. The van der Waals surface area contributed by atoms with Gasteiger partial charge in [0.1, 0.15) is 5.76 Å². The molecule has 4 rings (SSSR count). The number of amides is 1. The van der Waals surface area contributed by atoms with Gasteiger partial charge in [-0.05, 0) is 61.0 Å². The number of benzene rings is 2. The third-order valence-electron chi connectivity index (χ3n) is 5.32. The second-order valence-corrected chi connectivity index (χ2v) is 10.8. The minimum atomic E-state index is -3.74. The van der Waals surface area contributed by atoms with E-state index in [1.54, 1.807) is 19.2 Å². The number of sulfonamides is 1. The van der Waals surface area contributed by atoms with Crippen molar-refractivity contribution in [1.29, 1.82) is 0 Å². The maximum Gasteiger partial charge on any atom is 0.279 e. The molecule has 2 heterocycles. The molecule has 0 spiro atoms. The van der Waals surface area contributed by atoms with Crippen LogP contribution in [0.1, 0.15) is 21.7 Å². The topological polar surface area (TPSA) is 94.1 Å². The SMILES string of the molecule is COCCn1c(=NC(=O)c2ccc(S(=O)(=O)N(C)Cc3ccco3)cc2)sc2cc(C)ccc21. The quantitative estimate of drug-likeness (QED) is 0.367. The van der Waals surface area contributed by atoms with Gasteiger partial charge in [-0.25, -0.2) is 8.42 Å². The van der Waals surface area contributed by atoms with E-state index in [1.807, 2.05) is 23.6 Å². The van der Waals surface area contributed by atoms with E-state index in [-0.39, 0.29) is 11.4 Å². The van der Waals surface area contributed by atoms with Crippen molar-refractivity contribution < 1.29 is 22.4 Å². The first kappa shape index (κ1) is 24.1. The fourth-order valence-corrected chi connectivity index (χ4v) is 5.76. The van der Waals surface area contributed by atoms with E-state index in [0.717, 1.165) is 15.8 Å². The summed E-state index contributed by atoms with van der Waals surface area (Å²) in [5.74, 6) is 0.0966. The van der Waals surface area contributed by atoms with E-state index in [2.05, 4.69) is 11.1 Å². The lowest BCUT2D eigenvalue weighted by molar-refractivity contribution is 0.0997. The average molecular weight is 500 g/mol. The fourth-order valence-electron chi connectivity index (χ4n) is 3.47. The Morgan fingerprint density at radius 3 is 2.62 bits per heavy atom. The molecule has 0 saturated carbocycles. The Kier molecular flexibility index (Phi) is 7.13. The molecule has 0 aliphatic heterocycles. The van der Waals surface area contributed by atoms with Crippen LogP contribution in [0.25, 0.3) is 10.2 Å². The molecule has 4 aromatic rings. The van der Waals surface area contributed by atoms with E-state index in [1.165, 1.54) is 53.2 Å². The molecule has 34 heavy (non-hydrogen) atoms. The first-order valence-corrected chi connectivity index (χ1v) is 12.8. The van der Waals surface area contributed by atoms with Crippen molar-refractivity contribution in [3.8, 4) is 0 Å². The summed E-state index contributed by atoms with van der Waals surface area (Å²) < 4.78 is 40.4. The molecule has 0 fully saturated rings. The third-order valence-corrected chi connectivity index (χ3v) is 8.18. The van der Waals surface area contributed by atoms with E-state index < -0.39 is 15.9 Å². The molecule has 0 aliphatic rings. The van der Waals surface area contributed by atoms with Crippen molar-refractivity contribution in [2.75, 3.05) is 20.8 Å². The van der Waals surface area contributed by atoms with E-state index in [9.17, 15) is 13.2 Å². The highest BCUT2D eigenvalue weighted by atomic mass is 32.2. The van der Waals surface area contributed by atoms with Crippen LogP contribution in [0.15, 0.2) is 75.2 Å². The Morgan fingerprint density at radius 2 is 1.94 bits per heavy atom. The number of hydrogen-bond donors (Lipinski definition) is 0. The first-order chi connectivity index (χ1) is 16.3. The molecule has 0 saturated heterocycles. The number of ether oxygens (including phenoxy) is 1. The molecule has 178 valence electrons. The molecule has 0 radical (unpaired) electrons. The van der Waals surface area contributed by atoms with Crippen LogP contribution in [0.3, 0.4) is 0 Å². The van der Waals surface area contributed by atoms with Crippen molar-refractivity contribution in [3.05, 3.63) is 82.5 Å². The summed E-state index contributed by atoms with van der Waals surface area (Å²) in [6, 6.07) is 15.3. The van der Waals surface area contributed by atoms with Gasteiger partial charge >= 0.3 is 0 Å². The predicted octanol–water partition coefficient (Wildman–Crippen LogP) is 3.81. The molecule has 0 N–H and O–H groups in total. The summed E-state index contributed by atoms with van der Waals surface area (Å²) in [5.41, 5.74) is 2.42. The van der Waals surface area contributed by atoms with Gasteiger partial charge in [-0.15, -0.1) is 0 Å². The monoisotopic (exact) mass is 499 g/mol. The van der Waals surface area contributed by atoms with Gasteiger partial charge in [0.2, 0.25) is 10.0 Å². The summed E-state index contributed by atoms with van der Waals surface area (Å²) in [4.78, 5) is 17.9. The van der Waals surface area contributed by atoms with Crippen molar-refractivity contribution in [2.45, 2.75) is 24.9 Å². The first-order valence-electron chi connectivity index (χ1n) is 10.6. The highest BCUT2D eigenvalue weighted by Gasteiger charge is 2.22. The van der Waals surface area contributed by atoms with E-state index >= 15 is 0 Å². The second-order valence-electron chi connectivity index (χ2n) is 7.78. The van der Waals surface area contributed by atoms with Crippen LogP contribution in [-0.2, 0) is 27.8 Å². The fraction of sp³-hybridized carbons (Fsp3) is 0.250. The van der Waals surface area contributed by atoms with Gasteiger partial charge in [0.25, 0.3) is 5.91 Å². The summed E-state index contributed by atoms with van der Waals surface area (Å²) in [7, 11) is -0.631. The summed E-state index contributed by atoms with van der Waals surface area (Å²) in [6.07, 6.45) is 1.50. The van der Waals surface area contributed by atoms with Crippen LogP contribution in [0.4, 0.5) is 0 Å². The minimum absolute atomic E-state index is 0.0885. The standard InChI is InChI=1S/C24H25N3O5S2/c1-17-6-11-21-22(15-17)33-24(27(21)12-14-31-3)25-23(28)18-7-9-20(10-8-18)34(29,30)26(2)16-19-5-4-13-32-19/h4-11,13,15H,12,14,16H2,1-3H3. The number of nitrogens with zero attached hydrogens (tertiary/aromatic N) is 3. The van der Waals surface area contributed by atoms with Crippen molar-refractivity contribution in [2.24, 2.45) is 4.99 Å². The van der Waals surface area contributed by atoms with E-state index in [0.29, 0.717) is 29.3 Å². The molecule has 8 nitrogen and oxygen atoms in total. The Balaban J connectivity index is 1.61. The number of rotatable bonds is 8. The molecule has 10 heteroatoms. The minimum Gasteiger partial charge on any atom is -0.468 e. The molecule has 1 amide bonds. The van der Waals surface area contributed by atoms with Crippen LogP contribution in [0.2, 0.25) is 0 Å². The largest absolute Gasteiger partial charge is 0.468 e. The number of aromatic nitrogens is 1. The lowest BCUT2D eigenvalue weighted by atomic mass is 10.2. The Labute approximate surface area is 201 Å². The van der Waals surface area contributed by atoms with Gasteiger partial charge in [0.05, 0.1) is 34.5 Å². The van der Waals surface area contributed by atoms with Crippen LogP contribution in [0, 0.1) is 6.92 Å². The molecule has 0 bridgehead atoms. The van der Waals surface area contributed by atoms with Gasteiger partial charge < -0.3 is 13.7 Å². The molecule has 2 aromatic carbocycles. The Bertz CT molecular complexity index is 1470. The number of thiazole rings is 1. The normalized spacial score (nSPS) is 12.6. The Hall–Kier alpha value is -3.05. The van der Waals surface area contributed by atoms with Crippen molar-refractivity contribution in [1.82, 2.24) is 8.87 Å². The molecule has 0 unspecified atom stereocenters. The highest BCUT2D eigenvalue weighted by molar-refractivity contribution is 7.89. The van der Waals surface area contributed by atoms with Gasteiger partial charge in [-0.3, -0.25) is 4.79 Å². The van der Waals surface area contributed by atoms with Crippen LogP contribution in [-0.4, -0.2) is 44.0 Å². The molecular formula is C24H25N3O5S2. The van der Waals surface area contributed by atoms with Crippen LogP contribution < -0.4 is 4.80 Å². The molecular weight excluding hydrogens is 474 g/mol. The number of fused-ring (bicyclic) bond motifs is 1. The lowest BCUT2D eigenvalue weighted by Crippen LogP contribution is -2.26. The zero-order valence-electron chi connectivity index (χ0n) is 19.1. The zero-order valence-corrected chi connectivity index (χ0v) is 20.7. The zero-order chi connectivity index (χ0) is 24.3. The maximum atomic E-state index is 12.9. The van der Waals surface area contributed by atoms with Gasteiger partial charge in [0.15, 0.2) is 4.80 Å². The summed E-state index contributed by atoms with van der Waals surface area (Å²) >= 11 is 1.43. The third kappa shape index (κ3) is 5.05. The number of carbonyl (C=O) groups is 1. The highest BCUT2D eigenvalue weighted by Crippen LogP contribution is 2.20. The van der Waals surface area contributed by atoms with Gasteiger partial charge in [-0.1, -0.05) is 17.4 Å². The molecule has 2 aromatic heterocycles. The number of carbonyl (C=O) groups excluding carboxylic acids is 1. The number of methoxy groups -OCH3 is 1. The van der Waals surface area contributed by atoms with Crippen molar-refractivity contribution >= 4 is 37.5 Å². The number of hydrogen-bond acceptors (Lipinski definition) is 6. The lowest BCUT2D eigenvalue weighted by Gasteiger charge is -2.16. The number of furan rings is 1. The molecule has 0 aliphatic carbocycles. The van der Waals surface area contributed by atoms with Crippen LogP contribution >= 0.6 is 11.3 Å². The average Bonchev–Trinajstić information content (AvgIpc) is 3.44. The smallest absolute Gasteiger partial charge is 0.279 e. The summed E-state index contributed by atoms with van der Waals surface area (Å²) in [5, 5.41) is 0. The van der Waals surface area contributed by atoms with E-state index in [4.69, 9.17) is 9.15 Å².